The summed E-state index contributed by atoms with van der Waals surface area (Å²) in [4.78, 5) is 3.86. The van der Waals surface area contributed by atoms with Crippen LogP contribution in [-0.2, 0) is 6.42 Å². The number of benzene rings is 1. The Hall–Kier alpha value is -1.32. The van der Waals surface area contributed by atoms with E-state index in [1.165, 1.54) is 29.0 Å². The summed E-state index contributed by atoms with van der Waals surface area (Å²) in [7, 11) is 0. The second-order valence-corrected chi connectivity index (χ2v) is 6.22. The van der Waals surface area contributed by atoms with Crippen LogP contribution in [0.1, 0.15) is 29.8 Å². The Morgan fingerprint density at radius 1 is 1.21 bits per heavy atom. The number of fused-ring (bicyclic) bond motifs is 1. The number of anilines is 1. The minimum Gasteiger partial charge on any atom is -0.362 e. The Bertz CT molecular complexity index is 533. The molecule has 2 aromatic rings. The molecule has 19 heavy (non-hydrogen) atoms. The average Bonchev–Trinajstić information content (AvgIpc) is 2.93. The number of thiophene rings is 1. The average molecular weight is 272 g/mol. The van der Waals surface area contributed by atoms with E-state index in [0.29, 0.717) is 6.04 Å². The van der Waals surface area contributed by atoms with Crippen molar-refractivity contribution in [2.75, 3.05) is 11.4 Å². The topological polar surface area (TPSA) is 29.3 Å². The summed E-state index contributed by atoms with van der Waals surface area (Å²) in [6.07, 6.45) is 2.40. The van der Waals surface area contributed by atoms with Crippen molar-refractivity contribution < 1.29 is 0 Å². The Kier molecular flexibility index (Phi) is 3.58. The van der Waals surface area contributed by atoms with Gasteiger partial charge in [0.05, 0.1) is 6.04 Å². The SMILES string of the molecule is CC(N)C(c1cccs1)N1CCCc2ccccc21. The molecule has 0 bridgehead atoms. The summed E-state index contributed by atoms with van der Waals surface area (Å²) >= 11 is 1.81. The maximum atomic E-state index is 6.28. The van der Waals surface area contributed by atoms with Crippen LogP contribution < -0.4 is 10.6 Å². The zero-order valence-corrected chi connectivity index (χ0v) is 12.1. The molecule has 1 aliphatic heterocycles. The number of aryl methyl sites for hydroxylation is 1. The normalized spacial score (nSPS) is 17.9. The molecule has 2 unspecified atom stereocenters. The Morgan fingerprint density at radius 3 is 2.79 bits per heavy atom. The van der Waals surface area contributed by atoms with E-state index >= 15 is 0 Å². The number of hydrogen-bond donors (Lipinski definition) is 1. The smallest absolute Gasteiger partial charge is 0.0783 e. The number of hydrogen-bond acceptors (Lipinski definition) is 3. The molecule has 2 nitrogen and oxygen atoms in total. The van der Waals surface area contributed by atoms with Crippen molar-refractivity contribution in [3.8, 4) is 0 Å². The van der Waals surface area contributed by atoms with E-state index in [1.54, 1.807) is 11.3 Å². The summed E-state index contributed by atoms with van der Waals surface area (Å²) in [6, 6.07) is 13.5. The molecule has 0 saturated carbocycles. The first-order valence-electron chi connectivity index (χ1n) is 6.91. The quantitative estimate of drug-likeness (QED) is 0.925. The van der Waals surface area contributed by atoms with Crippen molar-refractivity contribution >= 4 is 17.0 Å². The second-order valence-electron chi connectivity index (χ2n) is 5.25. The van der Waals surface area contributed by atoms with Crippen LogP contribution in [0.2, 0.25) is 0 Å². The molecule has 0 radical (unpaired) electrons. The Balaban J connectivity index is 2.01. The van der Waals surface area contributed by atoms with Gasteiger partial charge in [0, 0.05) is 23.2 Å². The molecule has 2 atom stereocenters. The third-order valence-electron chi connectivity index (χ3n) is 3.81. The highest BCUT2D eigenvalue weighted by Gasteiger charge is 2.28. The molecule has 100 valence electrons. The first-order chi connectivity index (χ1) is 9.27. The van der Waals surface area contributed by atoms with Crippen LogP contribution in [0.15, 0.2) is 41.8 Å². The maximum Gasteiger partial charge on any atom is 0.0783 e. The van der Waals surface area contributed by atoms with Crippen LogP contribution in [0, 0.1) is 0 Å². The number of rotatable bonds is 3. The summed E-state index contributed by atoms with van der Waals surface area (Å²) in [5.41, 5.74) is 9.10. The van der Waals surface area contributed by atoms with Crippen molar-refractivity contribution in [1.29, 1.82) is 0 Å². The van der Waals surface area contributed by atoms with Gasteiger partial charge >= 0.3 is 0 Å². The van der Waals surface area contributed by atoms with Gasteiger partial charge in [0.2, 0.25) is 0 Å². The minimum atomic E-state index is 0.129. The molecule has 1 aliphatic rings. The molecular weight excluding hydrogens is 252 g/mol. The molecule has 3 heteroatoms. The van der Waals surface area contributed by atoms with Crippen LogP contribution in [0.3, 0.4) is 0 Å². The van der Waals surface area contributed by atoms with E-state index in [1.807, 2.05) is 0 Å². The number of para-hydroxylation sites is 1. The minimum absolute atomic E-state index is 0.129. The van der Waals surface area contributed by atoms with Crippen molar-refractivity contribution in [3.63, 3.8) is 0 Å². The van der Waals surface area contributed by atoms with Gasteiger partial charge in [0.15, 0.2) is 0 Å². The molecule has 0 spiro atoms. The van der Waals surface area contributed by atoms with E-state index in [0.717, 1.165) is 6.54 Å². The lowest BCUT2D eigenvalue weighted by Crippen LogP contribution is -2.41. The number of nitrogens with zero attached hydrogens (tertiary/aromatic N) is 1. The molecule has 0 amide bonds. The summed E-state index contributed by atoms with van der Waals surface area (Å²) < 4.78 is 0. The lowest BCUT2D eigenvalue weighted by molar-refractivity contribution is 0.517. The largest absolute Gasteiger partial charge is 0.362 e. The van der Waals surface area contributed by atoms with Gasteiger partial charge in [0.25, 0.3) is 0 Å². The zero-order chi connectivity index (χ0) is 13.2. The first-order valence-corrected chi connectivity index (χ1v) is 7.79. The summed E-state index contributed by atoms with van der Waals surface area (Å²) in [6.45, 7) is 3.21. The van der Waals surface area contributed by atoms with Crippen molar-refractivity contribution in [2.24, 2.45) is 5.73 Å². The van der Waals surface area contributed by atoms with Crippen molar-refractivity contribution in [1.82, 2.24) is 0 Å². The van der Waals surface area contributed by atoms with Gasteiger partial charge in [-0.1, -0.05) is 24.3 Å². The molecule has 2 N–H and O–H groups in total. The lowest BCUT2D eigenvalue weighted by Gasteiger charge is -2.39. The van der Waals surface area contributed by atoms with Crippen LogP contribution in [0.5, 0.6) is 0 Å². The van der Waals surface area contributed by atoms with E-state index in [4.69, 9.17) is 5.73 Å². The van der Waals surface area contributed by atoms with Crippen LogP contribution in [0.4, 0.5) is 5.69 Å². The fraction of sp³-hybridized carbons (Fsp3) is 0.375. The first kappa shape index (κ1) is 12.7. The summed E-state index contributed by atoms with van der Waals surface area (Å²) in [5, 5.41) is 2.14. The van der Waals surface area contributed by atoms with Crippen LogP contribution in [-0.4, -0.2) is 12.6 Å². The Labute approximate surface area is 118 Å². The highest BCUT2D eigenvalue weighted by Crippen LogP contribution is 2.36. The van der Waals surface area contributed by atoms with Crippen LogP contribution >= 0.6 is 11.3 Å². The maximum absolute atomic E-state index is 6.28. The Morgan fingerprint density at radius 2 is 2.05 bits per heavy atom. The predicted octanol–water partition coefficient (Wildman–Crippen LogP) is 3.59. The fourth-order valence-electron chi connectivity index (χ4n) is 3.01. The van der Waals surface area contributed by atoms with Gasteiger partial charge in [-0.05, 0) is 42.8 Å². The molecule has 1 aromatic heterocycles. The van der Waals surface area contributed by atoms with Crippen molar-refractivity contribution in [2.45, 2.75) is 31.8 Å². The highest BCUT2D eigenvalue weighted by molar-refractivity contribution is 7.10. The van der Waals surface area contributed by atoms with Gasteiger partial charge in [-0.3, -0.25) is 0 Å². The van der Waals surface area contributed by atoms with E-state index in [9.17, 15) is 0 Å². The molecule has 0 saturated heterocycles. The van der Waals surface area contributed by atoms with E-state index in [2.05, 4.69) is 53.6 Å². The van der Waals surface area contributed by atoms with Gasteiger partial charge in [-0.15, -0.1) is 11.3 Å². The van der Waals surface area contributed by atoms with Gasteiger partial charge in [-0.25, -0.2) is 0 Å². The number of nitrogens with two attached hydrogens (primary N) is 1. The fourth-order valence-corrected chi connectivity index (χ4v) is 3.96. The predicted molar refractivity (Wildman–Crippen MR) is 82.8 cm³/mol. The molecule has 3 rings (SSSR count). The molecule has 2 heterocycles. The molecule has 1 aromatic carbocycles. The molecular formula is C16H20N2S. The van der Waals surface area contributed by atoms with E-state index in [-0.39, 0.29) is 6.04 Å². The third-order valence-corrected chi connectivity index (χ3v) is 4.76. The summed E-state index contributed by atoms with van der Waals surface area (Å²) in [5.74, 6) is 0. The lowest BCUT2D eigenvalue weighted by atomic mass is 9.97. The zero-order valence-electron chi connectivity index (χ0n) is 11.3. The van der Waals surface area contributed by atoms with Gasteiger partial charge < -0.3 is 10.6 Å². The molecule has 0 aliphatic carbocycles. The van der Waals surface area contributed by atoms with Gasteiger partial charge in [-0.2, -0.15) is 0 Å². The standard InChI is InChI=1S/C16H20N2S/c1-12(17)16(15-9-5-11-19-15)18-10-4-7-13-6-2-3-8-14(13)18/h2-3,5-6,8-9,11-12,16H,4,7,10,17H2,1H3. The van der Waals surface area contributed by atoms with E-state index < -0.39 is 0 Å². The second kappa shape index (κ2) is 5.35. The van der Waals surface area contributed by atoms with Crippen molar-refractivity contribution in [3.05, 3.63) is 52.2 Å². The van der Waals surface area contributed by atoms with Crippen LogP contribution in [0.25, 0.3) is 0 Å². The highest BCUT2D eigenvalue weighted by atomic mass is 32.1. The van der Waals surface area contributed by atoms with Gasteiger partial charge in [0.1, 0.15) is 0 Å². The monoisotopic (exact) mass is 272 g/mol. The molecule has 0 fully saturated rings. The third kappa shape index (κ3) is 2.40.